The highest BCUT2D eigenvalue weighted by molar-refractivity contribution is 7.99. The van der Waals surface area contributed by atoms with Gasteiger partial charge in [-0.15, -0.1) is 0 Å². The third-order valence-electron chi connectivity index (χ3n) is 4.25. The van der Waals surface area contributed by atoms with Crippen molar-refractivity contribution >= 4 is 11.8 Å². The summed E-state index contributed by atoms with van der Waals surface area (Å²) in [4.78, 5) is 6.80. The molecule has 0 amide bonds. The van der Waals surface area contributed by atoms with Crippen molar-refractivity contribution < 1.29 is 5.11 Å². The second kappa shape index (κ2) is 5.19. The Labute approximate surface area is 113 Å². The predicted molar refractivity (Wildman–Crippen MR) is 75.0 cm³/mol. The van der Waals surface area contributed by atoms with Crippen molar-refractivity contribution in [2.75, 3.05) is 25.1 Å². The number of pyridine rings is 1. The zero-order chi connectivity index (χ0) is 12.5. The Morgan fingerprint density at radius 1 is 1.56 bits per heavy atom. The largest absolute Gasteiger partial charge is 0.391 e. The summed E-state index contributed by atoms with van der Waals surface area (Å²) in [6, 6.07) is 4.42. The van der Waals surface area contributed by atoms with Crippen LogP contribution >= 0.6 is 11.8 Å². The molecule has 4 heteroatoms. The molecular formula is C14H20N2OS. The summed E-state index contributed by atoms with van der Waals surface area (Å²) in [6.45, 7) is 1.08. The summed E-state index contributed by atoms with van der Waals surface area (Å²) >= 11 is 1.95. The number of thioether (sulfide) groups is 1. The minimum absolute atomic E-state index is 0.229. The molecule has 1 aromatic heterocycles. The van der Waals surface area contributed by atoms with Crippen molar-refractivity contribution in [2.24, 2.45) is 0 Å². The maximum atomic E-state index is 10.7. The lowest BCUT2D eigenvalue weighted by molar-refractivity contribution is 0.0538. The second-order valence-corrected chi connectivity index (χ2v) is 6.46. The number of hydrogen-bond acceptors (Lipinski definition) is 4. The van der Waals surface area contributed by atoms with Crippen LogP contribution in [0, 0.1) is 0 Å². The first-order chi connectivity index (χ1) is 8.77. The van der Waals surface area contributed by atoms with Gasteiger partial charge in [-0.2, -0.15) is 11.8 Å². The average Bonchev–Trinajstić information content (AvgIpc) is 2.82. The third-order valence-corrected chi connectivity index (χ3v) is 5.30. The minimum atomic E-state index is -0.279. The second-order valence-electron chi connectivity index (χ2n) is 5.31. The number of aliphatic hydroxyl groups is 1. The van der Waals surface area contributed by atoms with E-state index in [1.165, 1.54) is 11.3 Å². The number of aromatic nitrogens is 1. The van der Waals surface area contributed by atoms with Crippen LogP contribution in [0.5, 0.6) is 0 Å². The molecular weight excluding hydrogens is 244 g/mol. The van der Waals surface area contributed by atoms with E-state index in [4.69, 9.17) is 0 Å². The monoisotopic (exact) mass is 264 g/mol. The molecule has 3 atom stereocenters. The number of likely N-dealkylation sites (N-methyl/N-ethyl adjacent to an activating group) is 1. The molecule has 98 valence electrons. The summed E-state index contributed by atoms with van der Waals surface area (Å²) in [5, 5.41) is 10.7. The van der Waals surface area contributed by atoms with Crippen molar-refractivity contribution in [3.63, 3.8) is 0 Å². The smallest absolute Gasteiger partial charge is 0.0786 e. The van der Waals surface area contributed by atoms with Gasteiger partial charge in [-0.25, -0.2) is 0 Å². The molecule has 2 aliphatic rings. The van der Waals surface area contributed by atoms with Crippen LogP contribution in [0.4, 0.5) is 0 Å². The molecule has 0 aromatic carbocycles. The molecule has 1 aliphatic heterocycles. The van der Waals surface area contributed by atoms with Crippen LogP contribution in [-0.4, -0.2) is 52.2 Å². The normalized spacial score (nSPS) is 30.1. The van der Waals surface area contributed by atoms with E-state index in [0.29, 0.717) is 0 Å². The fourth-order valence-electron chi connectivity index (χ4n) is 3.11. The summed E-state index contributed by atoms with van der Waals surface area (Å²) in [6.07, 6.45) is 3.68. The number of fused-ring (bicyclic) bond motifs is 1. The Hall–Kier alpha value is -0.580. The Morgan fingerprint density at radius 3 is 3.28 bits per heavy atom. The van der Waals surface area contributed by atoms with Crippen molar-refractivity contribution in [1.29, 1.82) is 0 Å². The van der Waals surface area contributed by atoms with E-state index < -0.39 is 0 Å². The van der Waals surface area contributed by atoms with Gasteiger partial charge >= 0.3 is 0 Å². The molecule has 0 saturated carbocycles. The van der Waals surface area contributed by atoms with Gasteiger partial charge in [0.05, 0.1) is 6.10 Å². The maximum Gasteiger partial charge on any atom is 0.0786 e. The van der Waals surface area contributed by atoms with Crippen molar-refractivity contribution in [1.82, 2.24) is 9.88 Å². The van der Waals surface area contributed by atoms with Gasteiger partial charge in [0.1, 0.15) is 0 Å². The Morgan fingerprint density at radius 2 is 2.44 bits per heavy atom. The first-order valence-corrected chi connectivity index (χ1v) is 7.82. The van der Waals surface area contributed by atoms with Crippen LogP contribution in [0.1, 0.15) is 23.6 Å². The van der Waals surface area contributed by atoms with Gasteiger partial charge in [0.15, 0.2) is 0 Å². The highest BCUT2D eigenvalue weighted by Crippen LogP contribution is 2.36. The summed E-state index contributed by atoms with van der Waals surface area (Å²) in [5.74, 6) is 2.45. The lowest BCUT2D eigenvalue weighted by Gasteiger charge is -2.37. The minimum Gasteiger partial charge on any atom is -0.391 e. The van der Waals surface area contributed by atoms with E-state index >= 15 is 0 Å². The van der Waals surface area contributed by atoms with E-state index in [-0.39, 0.29) is 18.1 Å². The highest BCUT2D eigenvalue weighted by atomic mass is 32.2. The van der Waals surface area contributed by atoms with Crippen molar-refractivity contribution in [2.45, 2.75) is 30.9 Å². The summed E-state index contributed by atoms with van der Waals surface area (Å²) in [7, 11) is 2.13. The van der Waals surface area contributed by atoms with E-state index in [1.54, 1.807) is 0 Å². The molecule has 1 aliphatic carbocycles. The average molecular weight is 264 g/mol. The van der Waals surface area contributed by atoms with Crippen molar-refractivity contribution in [3.05, 3.63) is 29.6 Å². The topological polar surface area (TPSA) is 36.4 Å². The standard InChI is InChI=1S/C14H20N2OS/c1-16-7-8-18-9-12(16)14(17)11-5-4-10-3-2-6-15-13(10)11/h2-3,6,11-12,14,17H,4-5,7-9H2,1H3. The zero-order valence-electron chi connectivity index (χ0n) is 10.7. The van der Waals surface area contributed by atoms with E-state index in [0.717, 1.165) is 30.8 Å². The lowest BCUT2D eigenvalue weighted by atomic mass is 9.93. The van der Waals surface area contributed by atoms with Crippen LogP contribution < -0.4 is 0 Å². The maximum absolute atomic E-state index is 10.7. The predicted octanol–water partition coefficient (Wildman–Crippen LogP) is 1.52. The Balaban J connectivity index is 1.79. The van der Waals surface area contributed by atoms with E-state index in [1.807, 2.05) is 24.0 Å². The van der Waals surface area contributed by atoms with Gasteiger partial charge in [0.25, 0.3) is 0 Å². The van der Waals surface area contributed by atoms with Crippen LogP contribution in [0.25, 0.3) is 0 Å². The van der Waals surface area contributed by atoms with Gasteiger partial charge in [-0.05, 0) is 31.5 Å². The van der Waals surface area contributed by atoms with E-state index in [9.17, 15) is 5.11 Å². The molecule has 3 nitrogen and oxygen atoms in total. The fraction of sp³-hybridized carbons (Fsp3) is 0.643. The first-order valence-electron chi connectivity index (χ1n) is 6.67. The molecule has 3 unspecified atom stereocenters. The molecule has 1 fully saturated rings. The zero-order valence-corrected chi connectivity index (χ0v) is 11.6. The van der Waals surface area contributed by atoms with Gasteiger partial charge in [0.2, 0.25) is 0 Å². The van der Waals surface area contributed by atoms with Crippen LogP contribution in [0.15, 0.2) is 18.3 Å². The van der Waals surface area contributed by atoms with Crippen molar-refractivity contribution in [3.8, 4) is 0 Å². The number of aliphatic hydroxyl groups excluding tert-OH is 1. The summed E-state index contributed by atoms with van der Waals surface area (Å²) in [5.41, 5.74) is 2.46. The van der Waals surface area contributed by atoms with Crippen LogP contribution in [0.3, 0.4) is 0 Å². The third kappa shape index (κ3) is 2.17. The van der Waals surface area contributed by atoms with Crippen LogP contribution in [-0.2, 0) is 6.42 Å². The molecule has 3 rings (SSSR count). The molecule has 1 N–H and O–H groups in total. The molecule has 2 heterocycles. The molecule has 18 heavy (non-hydrogen) atoms. The van der Waals surface area contributed by atoms with Gasteiger partial charge in [-0.3, -0.25) is 9.88 Å². The number of hydrogen-bond donors (Lipinski definition) is 1. The number of aryl methyl sites for hydroxylation is 1. The molecule has 0 spiro atoms. The Bertz CT molecular complexity index is 426. The number of rotatable bonds is 2. The Kier molecular flexibility index (Phi) is 3.59. The highest BCUT2D eigenvalue weighted by Gasteiger charge is 2.37. The summed E-state index contributed by atoms with van der Waals surface area (Å²) < 4.78 is 0. The fourth-order valence-corrected chi connectivity index (χ4v) is 4.39. The van der Waals surface area contributed by atoms with Gasteiger partial charge < -0.3 is 5.11 Å². The van der Waals surface area contributed by atoms with Crippen LogP contribution in [0.2, 0.25) is 0 Å². The molecule has 1 aromatic rings. The quantitative estimate of drug-likeness (QED) is 0.878. The molecule has 0 bridgehead atoms. The van der Waals surface area contributed by atoms with Gasteiger partial charge in [0, 0.05) is 41.9 Å². The van der Waals surface area contributed by atoms with E-state index in [2.05, 4.69) is 23.0 Å². The molecule has 0 radical (unpaired) electrons. The number of nitrogens with zero attached hydrogens (tertiary/aromatic N) is 2. The first kappa shape index (κ1) is 12.5. The lowest BCUT2D eigenvalue weighted by Crippen LogP contribution is -2.49. The molecule has 1 saturated heterocycles. The SMILES string of the molecule is CN1CCSCC1C(O)C1CCc2cccnc21. The van der Waals surface area contributed by atoms with Gasteiger partial charge in [-0.1, -0.05) is 6.07 Å².